The van der Waals surface area contributed by atoms with Gasteiger partial charge in [-0.25, -0.2) is 8.42 Å². The van der Waals surface area contributed by atoms with Crippen molar-refractivity contribution in [2.45, 2.75) is 44.6 Å². The average Bonchev–Trinajstić information content (AvgIpc) is 4.06. The molecule has 3 aromatic carbocycles. The molecule has 2 atom stereocenters. The predicted molar refractivity (Wildman–Crippen MR) is 284 cm³/mol. The number of sulfone groups is 1. The standard InChI is InChI=1S/C35H42N6O8S.2C11H6F2N.Ir/c1-50(47,48)23-25(35(46)39-14-3-2-8-30(43)36-17-20-49-21-19-41-31(44)11-12-32(41)45)22-29(42)28-7-5-18-40(28)27-13-16-38-34-26(27)10-9-24-6-4-15-37-33(24)34;2*12-8-4-5-9(10(13)7-8)11-3-1-2-6-14-11;/h4,6,9-13,15-16,25,28H,2-3,5,7-8,14,17-23H2,1H3,(H,36,43)(H,39,46);2*1-4,6-7H;/q;2*-1;. The number of rotatable bonds is 20. The summed E-state index contributed by atoms with van der Waals surface area (Å²) < 4.78 is 81.5. The Bertz CT molecular complexity index is 3300. The average molecular weight is 1280 g/mol. The minimum atomic E-state index is -3.56. The zero-order chi connectivity index (χ0) is 55.6. The summed E-state index contributed by atoms with van der Waals surface area (Å²) in [7, 11) is -3.56. The zero-order valence-corrected chi connectivity index (χ0v) is 45.9. The van der Waals surface area contributed by atoms with Gasteiger partial charge in [0.05, 0.1) is 48.5 Å². The summed E-state index contributed by atoms with van der Waals surface area (Å²) in [5.41, 5.74) is 3.63. The molecule has 22 heteroatoms. The number of amides is 4. The molecule has 0 bridgehead atoms. The summed E-state index contributed by atoms with van der Waals surface area (Å²) in [5, 5.41) is 7.32. The van der Waals surface area contributed by atoms with E-state index in [9.17, 15) is 50.0 Å². The van der Waals surface area contributed by atoms with Crippen molar-refractivity contribution >= 4 is 66.7 Å². The number of unbranched alkanes of at least 4 members (excludes halogenated alkanes) is 1. The topological polar surface area (TPSA) is 211 Å². The second-order valence-electron chi connectivity index (χ2n) is 18.1. The number of aromatic nitrogens is 4. The first-order chi connectivity index (χ1) is 37.6. The molecule has 9 rings (SSSR count). The van der Waals surface area contributed by atoms with Crippen LogP contribution in [-0.2, 0) is 58.7 Å². The molecule has 415 valence electrons. The van der Waals surface area contributed by atoms with Crippen LogP contribution in [0.5, 0.6) is 0 Å². The van der Waals surface area contributed by atoms with Crippen molar-refractivity contribution in [3.63, 3.8) is 0 Å². The quantitative estimate of drug-likeness (QED) is 0.0251. The van der Waals surface area contributed by atoms with Gasteiger partial charge in [0.15, 0.2) is 5.78 Å². The third-order valence-electron chi connectivity index (χ3n) is 12.3. The fourth-order valence-electron chi connectivity index (χ4n) is 8.68. The largest absolute Gasteiger partial charge is 0.378 e. The normalized spacial score (nSPS) is 14.2. The molecule has 2 unspecified atom stereocenters. The zero-order valence-electron chi connectivity index (χ0n) is 42.7. The Morgan fingerprint density at radius 1 is 0.747 bits per heavy atom. The first-order valence-electron chi connectivity index (χ1n) is 24.9. The number of hydrogen-bond donors (Lipinski definition) is 2. The molecule has 7 aromatic rings. The Morgan fingerprint density at radius 2 is 1.38 bits per heavy atom. The number of hydrogen-bond acceptors (Lipinski definition) is 13. The Labute approximate surface area is 467 Å². The molecule has 0 saturated carbocycles. The maximum Gasteiger partial charge on any atom is 0.253 e. The minimum Gasteiger partial charge on any atom is -0.378 e. The molecular formula is C57H54F4IrN8O8S-2. The number of nitrogens with one attached hydrogen (secondary N) is 2. The van der Waals surface area contributed by atoms with E-state index in [-0.39, 0.29) is 100 Å². The SMILES string of the molecule is CS(=O)(=O)CC(CC(=O)C1CCCN1c1ccnc2c1ccc1cccnc12)C(=O)NCCCCC(=O)NCCOCCN1C(=O)C=CC1=O.Fc1c[c-]c(-c2ccccn2)c(F)c1.Fc1c[c-]c(-c2ccccn2)c(F)c1.[Ir]. The molecule has 16 nitrogen and oxygen atoms in total. The fourth-order valence-corrected chi connectivity index (χ4v) is 9.68. The Morgan fingerprint density at radius 3 is 1.99 bits per heavy atom. The van der Waals surface area contributed by atoms with E-state index in [1.165, 1.54) is 12.2 Å². The van der Waals surface area contributed by atoms with Gasteiger partial charge in [-0.3, -0.25) is 56.4 Å². The first-order valence-corrected chi connectivity index (χ1v) is 26.9. The van der Waals surface area contributed by atoms with E-state index < -0.39 is 56.7 Å². The Hall–Kier alpha value is -7.65. The summed E-state index contributed by atoms with van der Waals surface area (Å²) in [4.78, 5) is 82.2. The predicted octanol–water partition coefficient (Wildman–Crippen LogP) is 7.37. The number of ketones is 1. The van der Waals surface area contributed by atoms with Crippen molar-refractivity contribution in [3.05, 3.63) is 163 Å². The van der Waals surface area contributed by atoms with Gasteiger partial charge in [0.1, 0.15) is 9.84 Å². The number of carbonyl (C=O) groups excluding carboxylic acids is 5. The number of nitrogens with zero attached hydrogens (tertiary/aromatic N) is 6. The molecule has 2 aliphatic heterocycles. The molecule has 2 N–H and O–H groups in total. The summed E-state index contributed by atoms with van der Waals surface area (Å²) in [5.74, 6) is -5.69. The smallest absolute Gasteiger partial charge is 0.253 e. The summed E-state index contributed by atoms with van der Waals surface area (Å²) >= 11 is 0. The fraction of sp³-hybridized carbons (Fsp3) is 0.281. The van der Waals surface area contributed by atoms with E-state index in [0.717, 1.165) is 69.3 Å². The molecule has 4 amide bonds. The van der Waals surface area contributed by atoms with Gasteiger partial charge in [0, 0.05) is 136 Å². The van der Waals surface area contributed by atoms with Gasteiger partial charge in [0.25, 0.3) is 11.8 Å². The van der Waals surface area contributed by atoms with Crippen LogP contribution in [0.4, 0.5) is 23.2 Å². The number of fused-ring (bicyclic) bond motifs is 3. The van der Waals surface area contributed by atoms with Gasteiger partial charge < -0.3 is 30.2 Å². The molecule has 79 heavy (non-hydrogen) atoms. The molecule has 1 fully saturated rings. The van der Waals surface area contributed by atoms with Crippen LogP contribution in [0.2, 0.25) is 0 Å². The van der Waals surface area contributed by atoms with Gasteiger partial charge >= 0.3 is 0 Å². The maximum atomic E-state index is 13.7. The van der Waals surface area contributed by atoms with Crippen molar-refractivity contribution in [2.75, 3.05) is 56.3 Å². The van der Waals surface area contributed by atoms with Crippen LogP contribution in [0, 0.1) is 41.3 Å². The Balaban J connectivity index is 0.000000279. The second kappa shape index (κ2) is 29.4. The number of carbonyl (C=O) groups is 5. The summed E-state index contributed by atoms with van der Waals surface area (Å²) in [6, 6.07) is 28.2. The molecular weight excluding hydrogens is 1220 g/mol. The van der Waals surface area contributed by atoms with E-state index in [1.54, 1.807) is 61.2 Å². The van der Waals surface area contributed by atoms with Crippen LogP contribution in [-0.4, -0.2) is 120 Å². The third kappa shape index (κ3) is 17.4. The van der Waals surface area contributed by atoms with E-state index in [0.29, 0.717) is 37.2 Å². The van der Waals surface area contributed by atoms with Gasteiger partial charge in [-0.05, 0) is 67.4 Å². The number of halogens is 4. The molecule has 6 heterocycles. The second-order valence-corrected chi connectivity index (χ2v) is 20.2. The number of imide groups is 1. The summed E-state index contributed by atoms with van der Waals surface area (Å²) in [6.45, 7) is 1.66. The molecule has 0 spiro atoms. The van der Waals surface area contributed by atoms with Crippen LogP contribution in [0.15, 0.2) is 128 Å². The van der Waals surface area contributed by atoms with Crippen molar-refractivity contribution in [1.82, 2.24) is 35.5 Å². The molecule has 1 radical (unpaired) electrons. The van der Waals surface area contributed by atoms with Crippen LogP contribution in [0.25, 0.3) is 44.3 Å². The molecule has 4 aromatic heterocycles. The maximum absolute atomic E-state index is 13.7. The van der Waals surface area contributed by atoms with Crippen LogP contribution in [0.1, 0.15) is 38.5 Å². The van der Waals surface area contributed by atoms with E-state index in [1.807, 2.05) is 35.2 Å². The molecule has 2 aliphatic rings. The van der Waals surface area contributed by atoms with Crippen molar-refractivity contribution in [1.29, 1.82) is 0 Å². The van der Waals surface area contributed by atoms with Gasteiger partial charge in [-0.2, -0.15) is 0 Å². The van der Waals surface area contributed by atoms with Gasteiger partial charge in [-0.1, -0.05) is 59.7 Å². The van der Waals surface area contributed by atoms with Crippen molar-refractivity contribution in [2.24, 2.45) is 5.92 Å². The number of anilines is 1. The van der Waals surface area contributed by atoms with Crippen molar-refractivity contribution in [3.8, 4) is 22.5 Å². The number of ether oxygens (including phenoxy) is 1. The molecule has 0 aliphatic carbocycles. The minimum absolute atomic E-state index is 0. The molecule has 1 saturated heterocycles. The summed E-state index contributed by atoms with van der Waals surface area (Å²) in [6.07, 6.45) is 12.3. The van der Waals surface area contributed by atoms with Crippen LogP contribution < -0.4 is 15.5 Å². The van der Waals surface area contributed by atoms with Gasteiger partial charge in [0.2, 0.25) is 11.8 Å². The van der Waals surface area contributed by atoms with E-state index >= 15 is 0 Å². The number of Topliss-reactive ketones (excluding diaryl/α,β-unsaturated/α-hetero) is 1. The Kier molecular flexibility index (Phi) is 22.5. The number of pyridine rings is 4. The van der Waals surface area contributed by atoms with Gasteiger partial charge in [-0.15, -0.1) is 24.3 Å². The monoisotopic (exact) mass is 1280 g/mol. The van der Waals surface area contributed by atoms with E-state index in [4.69, 9.17) is 4.74 Å². The van der Waals surface area contributed by atoms with Crippen LogP contribution in [0.3, 0.4) is 0 Å². The third-order valence-corrected chi connectivity index (χ3v) is 13.3. The first kappa shape index (κ1) is 60.6. The van der Waals surface area contributed by atoms with E-state index in [2.05, 4.69) is 42.7 Å². The van der Waals surface area contributed by atoms with Crippen LogP contribution >= 0.6 is 0 Å². The number of benzene rings is 3. The van der Waals surface area contributed by atoms with Crippen molar-refractivity contribution < 1.29 is 74.8 Å².